The normalized spacial score (nSPS) is 16.2. The summed E-state index contributed by atoms with van der Waals surface area (Å²) in [6.07, 6.45) is 5.31. The van der Waals surface area contributed by atoms with Gasteiger partial charge in [0, 0.05) is 29.1 Å². The minimum Gasteiger partial charge on any atom is -0.364 e. The maximum Gasteiger partial charge on any atom is 0.266 e. The van der Waals surface area contributed by atoms with Gasteiger partial charge in [-0.3, -0.25) is 14.7 Å². The number of piperidine rings is 1. The van der Waals surface area contributed by atoms with Crippen molar-refractivity contribution in [2.24, 2.45) is 5.73 Å². The van der Waals surface area contributed by atoms with Crippen molar-refractivity contribution >= 4 is 28.4 Å². The molecule has 1 aromatic carbocycles. The molecule has 26 heavy (non-hydrogen) atoms. The highest BCUT2D eigenvalue weighted by Crippen LogP contribution is 2.29. The molecule has 134 valence electrons. The summed E-state index contributed by atoms with van der Waals surface area (Å²) in [6.45, 7) is 2.74. The van der Waals surface area contributed by atoms with E-state index < -0.39 is 5.91 Å². The summed E-state index contributed by atoms with van der Waals surface area (Å²) < 4.78 is 0. The third-order valence-electron chi connectivity index (χ3n) is 4.98. The number of likely N-dealkylation sites (tertiary alicyclic amines) is 1. The molecule has 3 N–H and O–H groups in total. The molecule has 0 saturated carbocycles. The van der Waals surface area contributed by atoms with Gasteiger partial charge in [0.05, 0.1) is 11.7 Å². The Kier molecular flexibility index (Phi) is 4.61. The van der Waals surface area contributed by atoms with Crippen LogP contribution in [0.5, 0.6) is 0 Å². The van der Waals surface area contributed by atoms with Crippen molar-refractivity contribution in [2.45, 2.75) is 25.3 Å². The highest BCUT2D eigenvalue weighted by molar-refractivity contribution is 6.31. The fraction of sp³-hybridized carbons (Fsp3) is 0.316. The summed E-state index contributed by atoms with van der Waals surface area (Å²) >= 11 is 6.28. The van der Waals surface area contributed by atoms with Gasteiger partial charge in [-0.2, -0.15) is 0 Å². The number of imidazole rings is 1. The second kappa shape index (κ2) is 7.05. The zero-order valence-corrected chi connectivity index (χ0v) is 15.0. The van der Waals surface area contributed by atoms with E-state index in [1.54, 1.807) is 0 Å². The van der Waals surface area contributed by atoms with Gasteiger partial charge in [-0.15, -0.1) is 0 Å². The maximum absolute atomic E-state index is 11.2. The average Bonchev–Trinajstić information content (AvgIpc) is 3.13. The summed E-state index contributed by atoms with van der Waals surface area (Å²) in [6, 6.07) is 7.93. The lowest BCUT2D eigenvalue weighted by Gasteiger charge is -2.31. The van der Waals surface area contributed by atoms with Crippen molar-refractivity contribution in [3.8, 4) is 0 Å². The molecule has 4 rings (SSSR count). The molecule has 0 spiro atoms. The zero-order chi connectivity index (χ0) is 18.1. The van der Waals surface area contributed by atoms with Crippen LogP contribution in [0.2, 0.25) is 5.02 Å². The minimum absolute atomic E-state index is 0.327. The molecule has 6 nitrogen and oxygen atoms in total. The monoisotopic (exact) mass is 369 g/mol. The van der Waals surface area contributed by atoms with Gasteiger partial charge < -0.3 is 10.7 Å². The number of nitrogens with one attached hydrogen (secondary N) is 1. The number of primary amides is 1. The van der Waals surface area contributed by atoms with E-state index in [0.29, 0.717) is 11.6 Å². The number of H-pyrrole nitrogens is 1. The summed E-state index contributed by atoms with van der Waals surface area (Å²) in [5.74, 6) is 0.712. The molecule has 1 saturated heterocycles. The van der Waals surface area contributed by atoms with Gasteiger partial charge in [-0.25, -0.2) is 4.98 Å². The van der Waals surface area contributed by atoms with Crippen molar-refractivity contribution < 1.29 is 4.79 Å². The number of halogens is 1. The highest BCUT2D eigenvalue weighted by Gasteiger charge is 2.24. The number of aromatic amines is 1. The van der Waals surface area contributed by atoms with Crippen LogP contribution >= 0.6 is 11.6 Å². The van der Waals surface area contributed by atoms with Gasteiger partial charge in [-0.05, 0) is 49.7 Å². The van der Waals surface area contributed by atoms with Gasteiger partial charge in [0.1, 0.15) is 11.5 Å². The van der Waals surface area contributed by atoms with Crippen LogP contribution in [-0.4, -0.2) is 38.8 Å². The van der Waals surface area contributed by atoms with Crippen LogP contribution in [-0.2, 0) is 6.54 Å². The fourth-order valence-electron chi connectivity index (χ4n) is 3.62. The smallest absolute Gasteiger partial charge is 0.266 e. The number of carbonyl (C=O) groups is 1. The quantitative estimate of drug-likeness (QED) is 0.739. The number of nitrogens with zero attached hydrogens (tertiary/aromatic N) is 3. The van der Waals surface area contributed by atoms with Crippen molar-refractivity contribution in [3.63, 3.8) is 0 Å². The van der Waals surface area contributed by atoms with Gasteiger partial charge >= 0.3 is 0 Å². The number of benzene rings is 1. The first-order chi connectivity index (χ1) is 12.6. The molecular weight excluding hydrogens is 350 g/mol. The Morgan fingerprint density at radius 2 is 2.12 bits per heavy atom. The largest absolute Gasteiger partial charge is 0.364 e. The van der Waals surface area contributed by atoms with E-state index in [1.165, 1.54) is 6.20 Å². The molecular formula is C19H20ClN5O. The number of amides is 1. The van der Waals surface area contributed by atoms with Crippen molar-refractivity contribution in [1.29, 1.82) is 0 Å². The van der Waals surface area contributed by atoms with Crippen LogP contribution in [0.3, 0.4) is 0 Å². The topological polar surface area (TPSA) is 87.9 Å². The maximum atomic E-state index is 11.2. The molecule has 0 radical (unpaired) electrons. The van der Waals surface area contributed by atoms with Gasteiger partial charge in [0.25, 0.3) is 5.91 Å². The first-order valence-corrected chi connectivity index (χ1v) is 9.08. The number of pyridine rings is 1. The van der Waals surface area contributed by atoms with E-state index in [-0.39, 0.29) is 0 Å². The highest BCUT2D eigenvalue weighted by atomic mass is 35.5. The van der Waals surface area contributed by atoms with E-state index in [9.17, 15) is 4.79 Å². The number of hydrogen-bond acceptors (Lipinski definition) is 4. The van der Waals surface area contributed by atoms with Crippen LogP contribution < -0.4 is 5.73 Å². The Hall–Kier alpha value is -2.44. The van der Waals surface area contributed by atoms with E-state index in [0.717, 1.165) is 59.8 Å². The lowest BCUT2D eigenvalue weighted by Crippen LogP contribution is -2.32. The molecule has 0 unspecified atom stereocenters. The molecule has 3 heterocycles. The average molecular weight is 370 g/mol. The Balaban J connectivity index is 1.45. The Morgan fingerprint density at radius 1 is 1.31 bits per heavy atom. The summed E-state index contributed by atoms with van der Waals surface area (Å²) in [7, 11) is 0. The molecule has 1 aliphatic rings. The second-order valence-corrected chi connectivity index (χ2v) is 7.17. The number of nitrogens with two attached hydrogens (primary N) is 1. The predicted molar refractivity (Wildman–Crippen MR) is 101 cm³/mol. The number of rotatable bonds is 4. The minimum atomic E-state index is -0.471. The van der Waals surface area contributed by atoms with Crippen LogP contribution in [0.15, 0.2) is 36.7 Å². The first kappa shape index (κ1) is 17.0. The third-order valence-corrected chi connectivity index (χ3v) is 5.20. The Morgan fingerprint density at radius 3 is 2.85 bits per heavy atom. The molecule has 1 amide bonds. The van der Waals surface area contributed by atoms with Crippen molar-refractivity contribution in [1.82, 2.24) is 19.9 Å². The summed E-state index contributed by atoms with van der Waals surface area (Å²) in [4.78, 5) is 25.5. The summed E-state index contributed by atoms with van der Waals surface area (Å²) in [5.41, 5.74) is 7.82. The zero-order valence-electron chi connectivity index (χ0n) is 14.3. The number of carbonyl (C=O) groups excluding carboxylic acids is 1. The Labute approximate surface area is 156 Å². The van der Waals surface area contributed by atoms with Crippen molar-refractivity contribution in [2.75, 3.05) is 13.1 Å². The van der Waals surface area contributed by atoms with E-state index in [4.69, 9.17) is 17.3 Å². The predicted octanol–water partition coefficient (Wildman–Crippen LogP) is 3.09. The number of fused-ring (bicyclic) bond motifs is 1. The van der Waals surface area contributed by atoms with Crippen LogP contribution in [0.1, 0.15) is 40.6 Å². The number of hydrogen-bond donors (Lipinski definition) is 2. The first-order valence-electron chi connectivity index (χ1n) is 8.70. The fourth-order valence-corrected chi connectivity index (χ4v) is 3.87. The lowest BCUT2D eigenvalue weighted by atomic mass is 9.95. The van der Waals surface area contributed by atoms with Crippen LogP contribution in [0, 0.1) is 0 Å². The molecule has 0 aliphatic carbocycles. The van der Waals surface area contributed by atoms with Crippen LogP contribution in [0.4, 0.5) is 0 Å². The standard InChI is InChI=1S/C19H20ClN5O/c20-15-8-13-2-1-5-22-17(13)14(9-15)11-25-6-3-12(4-7-25)19-23-10-16(24-19)18(21)26/h1-2,5,8-10,12H,3-4,6-7,11H2,(H2,21,26)(H,23,24). The molecule has 1 fully saturated rings. The SMILES string of the molecule is NC(=O)c1cnc(C2CCN(Cc3cc(Cl)cc4cccnc34)CC2)[nH]1. The van der Waals surface area contributed by atoms with E-state index >= 15 is 0 Å². The third kappa shape index (κ3) is 3.43. The molecule has 2 aromatic heterocycles. The van der Waals surface area contributed by atoms with Crippen molar-refractivity contribution in [3.05, 3.63) is 58.8 Å². The molecule has 7 heteroatoms. The van der Waals surface area contributed by atoms with E-state index in [2.05, 4.69) is 19.9 Å². The van der Waals surface area contributed by atoms with Gasteiger partial charge in [0.2, 0.25) is 0 Å². The molecule has 1 aliphatic heterocycles. The molecule has 0 bridgehead atoms. The van der Waals surface area contributed by atoms with Gasteiger partial charge in [0.15, 0.2) is 0 Å². The Bertz CT molecular complexity index is 946. The van der Waals surface area contributed by atoms with E-state index in [1.807, 2.05) is 30.5 Å². The molecule has 3 aromatic rings. The lowest BCUT2D eigenvalue weighted by molar-refractivity contribution is 0.0996. The van der Waals surface area contributed by atoms with Gasteiger partial charge in [-0.1, -0.05) is 17.7 Å². The summed E-state index contributed by atoms with van der Waals surface area (Å²) in [5, 5.41) is 1.81. The van der Waals surface area contributed by atoms with Crippen LogP contribution in [0.25, 0.3) is 10.9 Å². The number of aromatic nitrogens is 3. The molecule has 0 atom stereocenters. The second-order valence-electron chi connectivity index (χ2n) is 6.74.